The van der Waals surface area contributed by atoms with Crippen LogP contribution in [-0.2, 0) is 6.54 Å². The summed E-state index contributed by atoms with van der Waals surface area (Å²) in [6.45, 7) is 0.310. The second-order valence-electron chi connectivity index (χ2n) is 6.62. The van der Waals surface area contributed by atoms with Gasteiger partial charge in [-0.15, -0.1) is 0 Å². The number of ether oxygens (including phenoxy) is 2. The van der Waals surface area contributed by atoms with E-state index in [-0.39, 0.29) is 10.8 Å². The molecule has 1 heterocycles. The molecule has 0 aliphatic rings. The third-order valence-corrected chi connectivity index (χ3v) is 4.90. The summed E-state index contributed by atoms with van der Waals surface area (Å²) < 4.78 is 12.2. The molecule has 0 aliphatic heterocycles. The fourth-order valence-electron chi connectivity index (χ4n) is 3.02. The van der Waals surface area contributed by atoms with Crippen LogP contribution in [0.1, 0.15) is 5.56 Å². The van der Waals surface area contributed by atoms with Gasteiger partial charge in [0, 0.05) is 0 Å². The average molecular weight is 419 g/mol. The van der Waals surface area contributed by atoms with Gasteiger partial charge in [0.15, 0.2) is 0 Å². The molecule has 0 amide bonds. The fourth-order valence-corrected chi connectivity index (χ4v) is 3.19. The van der Waals surface area contributed by atoms with E-state index in [1.807, 2.05) is 42.5 Å². The van der Waals surface area contributed by atoms with Gasteiger partial charge < -0.3 is 9.47 Å². The van der Waals surface area contributed by atoms with Gasteiger partial charge in [-0.3, -0.25) is 4.79 Å². The zero-order valence-electron chi connectivity index (χ0n) is 16.3. The van der Waals surface area contributed by atoms with Gasteiger partial charge >= 0.3 is 5.56 Å². The minimum atomic E-state index is -0.398. The van der Waals surface area contributed by atoms with E-state index in [0.29, 0.717) is 18.0 Å². The minimum Gasteiger partial charge on any atom is -0.497 e. The molecule has 0 bridgehead atoms. The van der Waals surface area contributed by atoms with Gasteiger partial charge in [0.1, 0.15) is 16.5 Å². The SMILES string of the molecule is COc1ccc(Oc2c(Cl)cnn(Cc3ccc(-c4ccccc4)cc3)c2=O)cc1. The Morgan fingerprint density at radius 1 is 0.867 bits per heavy atom. The minimum absolute atomic E-state index is 0.0396. The van der Waals surface area contributed by atoms with Crippen molar-refractivity contribution in [2.45, 2.75) is 6.54 Å². The summed E-state index contributed by atoms with van der Waals surface area (Å²) in [6.07, 6.45) is 1.42. The van der Waals surface area contributed by atoms with Crippen molar-refractivity contribution >= 4 is 11.6 Å². The summed E-state index contributed by atoms with van der Waals surface area (Å²) in [6, 6.07) is 25.0. The maximum absolute atomic E-state index is 12.9. The summed E-state index contributed by atoms with van der Waals surface area (Å²) in [4.78, 5) is 12.9. The third-order valence-electron chi connectivity index (χ3n) is 4.63. The standard InChI is InChI=1S/C24H19ClN2O3/c1-29-20-11-13-21(14-12-20)30-23-22(25)15-26-27(24(23)28)16-17-7-9-19(10-8-17)18-5-3-2-4-6-18/h2-15H,16H2,1H3. The first-order valence-corrected chi connectivity index (χ1v) is 9.74. The number of rotatable bonds is 6. The van der Waals surface area contributed by atoms with Crippen LogP contribution in [0.3, 0.4) is 0 Å². The van der Waals surface area contributed by atoms with Gasteiger partial charge in [0.2, 0.25) is 5.75 Å². The lowest BCUT2D eigenvalue weighted by Gasteiger charge is -2.11. The first-order chi connectivity index (χ1) is 14.6. The first-order valence-electron chi connectivity index (χ1n) is 9.36. The topological polar surface area (TPSA) is 53.4 Å². The molecule has 0 atom stereocenters. The molecule has 4 aromatic rings. The lowest BCUT2D eigenvalue weighted by molar-refractivity contribution is 0.412. The third kappa shape index (κ3) is 4.36. The molecule has 150 valence electrons. The normalized spacial score (nSPS) is 10.6. The van der Waals surface area contributed by atoms with Gasteiger partial charge in [-0.05, 0) is 41.0 Å². The maximum atomic E-state index is 12.9. The Bertz CT molecular complexity index is 1190. The van der Waals surface area contributed by atoms with Crippen LogP contribution in [-0.4, -0.2) is 16.9 Å². The van der Waals surface area contributed by atoms with Gasteiger partial charge in [-0.25, -0.2) is 4.68 Å². The second kappa shape index (κ2) is 8.84. The molecule has 0 N–H and O–H groups in total. The van der Waals surface area contributed by atoms with Crippen molar-refractivity contribution in [1.82, 2.24) is 9.78 Å². The van der Waals surface area contributed by atoms with Crippen molar-refractivity contribution in [3.63, 3.8) is 0 Å². The van der Waals surface area contributed by atoms with E-state index in [4.69, 9.17) is 21.1 Å². The molecule has 4 rings (SSSR count). The Labute approximate surface area is 179 Å². The van der Waals surface area contributed by atoms with E-state index >= 15 is 0 Å². The van der Waals surface area contributed by atoms with Gasteiger partial charge in [0.25, 0.3) is 0 Å². The number of benzene rings is 3. The molecule has 0 fully saturated rings. The molecule has 6 heteroatoms. The van der Waals surface area contributed by atoms with Crippen LogP contribution in [0.2, 0.25) is 5.02 Å². The smallest absolute Gasteiger partial charge is 0.311 e. The number of nitrogens with zero attached hydrogens (tertiary/aromatic N) is 2. The van der Waals surface area contributed by atoms with E-state index < -0.39 is 5.56 Å². The second-order valence-corrected chi connectivity index (χ2v) is 7.03. The van der Waals surface area contributed by atoms with Crippen LogP contribution in [0.5, 0.6) is 17.2 Å². The summed E-state index contributed by atoms with van der Waals surface area (Å²) in [5.74, 6) is 1.22. The molecule has 0 unspecified atom stereocenters. The lowest BCUT2D eigenvalue weighted by atomic mass is 10.0. The van der Waals surface area contributed by atoms with Crippen molar-refractivity contribution in [2.24, 2.45) is 0 Å². The van der Waals surface area contributed by atoms with Crippen LogP contribution < -0.4 is 15.0 Å². The first kappa shape index (κ1) is 19.7. The molecule has 30 heavy (non-hydrogen) atoms. The summed E-state index contributed by atoms with van der Waals surface area (Å²) in [5, 5.41) is 4.31. The van der Waals surface area contributed by atoms with E-state index in [1.165, 1.54) is 10.9 Å². The molecule has 0 aliphatic carbocycles. The van der Waals surface area contributed by atoms with Crippen molar-refractivity contribution in [1.29, 1.82) is 0 Å². The Balaban J connectivity index is 1.56. The predicted molar refractivity (Wildman–Crippen MR) is 118 cm³/mol. The van der Waals surface area contributed by atoms with Crippen LogP contribution in [0, 0.1) is 0 Å². The van der Waals surface area contributed by atoms with Crippen LogP contribution in [0.15, 0.2) is 89.9 Å². The quantitative estimate of drug-likeness (QED) is 0.420. The van der Waals surface area contributed by atoms with Crippen LogP contribution >= 0.6 is 11.6 Å². The average Bonchev–Trinajstić information content (AvgIpc) is 2.80. The zero-order chi connectivity index (χ0) is 20.9. The highest BCUT2D eigenvalue weighted by atomic mass is 35.5. The number of methoxy groups -OCH3 is 1. The molecule has 0 saturated heterocycles. The Morgan fingerprint density at radius 2 is 1.50 bits per heavy atom. The Hall–Kier alpha value is -3.57. The summed E-state index contributed by atoms with van der Waals surface area (Å²) in [5.41, 5.74) is 2.80. The van der Waals surface area contributed by atoms with Gasteiger partial charge in [0.05, 0.1) is 19.9 Å². The highest BCUT2D eigenvalue weighted by Crippen LogP contribution is 2.26. The molecule has 3 aromatic carbocycles. The molecular weight excluding hydrogens is 400 g/mol. The molecule has 5 nitrogen and oxygen atoms in total. The van der Waals surface area contributed by atoms with E-state index in [1.54, 1.807) is 31.4 Å². The van der Waals surface area contributed by atoms with E-state index in [9.17, 15) is 4.79 Å². The number of hydrogen-bond acceptors (Lipinski definition) is 4. The predicted octanol–water partition coefficient (Wildman–Crippen LogP) is 5.41. The Kier molecular flexibility index (Phi) is 5.82. The maximum Gasteiger partial charge on any atom is 0.311 e. The van der Waals surface area contributed by atoms with Gasteiger partial charge in [-0.1, -0.05) is 66.2 Å². The fraction of sp³-hybridized carbons (Fsp3) is 0.0833. The number of aromatic nitrogens is 2. The number of halogens is 1. The molecule has 0 radical (unpaired) electrons. The summed E-state index contributed by atoms with van der Waals surface area (Å²) >= 11 is 6.18. The highest BCUT2D eigenvalue weighted by Gasteiger charge is 2.13. The molecular formula is C24H19ClN2O3. The lowest BCUT2D eigenvalue weighted by Crippen LogP contribution is -2.24. The molecule has 1 aromatic heterocycles. The van der Waals surface area contributed by atoms with E-state index in [2.05, 4.69) is 17.2 Å². The molecule has 0 saturated carbocycles. The largest absolute Gasteiger partial charge is 0.497 e. The molecule has 0 spiro atoms. The summed E-state index contributed by atoms with van der Waals surface area (Å²) in [7, 11) is 1.58. The van der Waals surface area contributed by atoms with Crippen molar-refractivity contribution in [3.8, 4) is 28.4 Å². The Morgan fingerprint density at radius 3 is 2.17 bits per heavy atom. The van der Waals surface area contributed by atoms with Gasteiger partial charge in [-0.2, -0.15) is 5.10 Å². The van der Waals surface area contributed by atoms with Crippen molar-refractivity contribution < 1.29 is 9.47 Å². The van der Waals surface area contributed by atoms with Crippen LogP contribution in [0.4, 0.5) is 0 Å². The van der Waals surface area contributed by atoms with Crippen LogP contribution in [0.25, 0.3) is 11.1 Å². The monoisotopic (exact) mass is 418 g/mol. The van der Waals surface area contributed by atoms with Crippen molar-refractivity contribution in [2.75, 3.05) is 7.11 Å². The highest BCUT2D eigenvalue weighted by molar-refractivity contribution is 6.31. The van der Waals surface area contributed by atoms with E-state index in [0.717, 1.165) is 16.7 Å². The number of hydrogen-bond donors (Lipinski definition) is 0. The van der Waals surface area contributed by atoms with Crippen molar-refractivity contribution in [3.05, 3.63) is 106 Å². The zero-order valence-corrected chi connectivity index (χ0v) is 17.0.